The highest BCUT2D eigenvalue weighted by Gasteiger charge is 2.26. The molecule has 1 aromatic heterocycles. The third kappa shape index (κ3) is 2.93. The zero-order chi connectivity index (χ0) is 18.2. The Labute approximate surface area is 146 Å². The van der Waals surface area contributed by atoms with Crippen LogP contribution in [0.3, 0.4) is 0 Å². The summed E-state index contributed by atoms with van der Waals surface area (Å²) in [4.78, 5) is 26.9. The molecule has 1 aromatic carbocycles. The number of carboxylic acid groups (broad SMARTS) is 1. The second kappa shape index (κ2) is 6.72. The molecule has 0 unspecified atom stereocenters. The number of aromatic carboxylic acids is 1. The van der Waals surface area contributed by atoms with E-state index in [4.69, 9.17) is 34.7 Å². The van der Waals surface area contributed by atoms with Gasteiger partial charge < -0.3 is 16.6 Å². The van der Waals surface area contributed by atoms with Crippen molar-refractivity contribution in [2.75, 3.05) is 5.73 Å². The molecule has 0 bridgehead atoms. The second-order valence-corrected chi connectivity index (χ2v) is 5.65. The van der Waals surface area contributed by atoms with Crippen molar-refractivity contribution in [1.29, 1.82) is 0 Å². The highest BCUT2D eigenvalue weighted by molar-refractivity contribution is 6.37. The lowest BCUT2D eigenvalue weighted by Crippen LogP contribution is -2.12. The lowest BCUT2D eigenvalue weighted by atomic mass is 10.0. The average Bonchev–Trinajstić information content (AvgIpc) is 2.48. The number of rotatable bonds is 4. The van der Waals surface area contributed by atoms with Gasteiger partial charge in [-0.25, -0.2) is 14.2 Å². The fourth-order valence-electron chi connectivity index (χ4n) is 2.24. The summed E-state index contributed by atoms with van der Waals surface area (Å²) in [6.45, 7) is 0.980. The molecule has 9 heteroatoms. The molecular weight excluding hydrogens is 360 g/mol. The zero-order valence-corrected chi connectivity index (χ0v) is 13.9. The highest BCUT2D eigenvalue weighted by atomic mass is 35.5. The van der Waals surface area contributed by atoms with Gasteiger partial charge >= 0.3 is 5.97 Å². The summed E-state index contributed by atoms with van der Waals surface area (Å²) in [5.41, 5.74) is 9.99. The fourth-order valence-corrected chi connectivity index (χ4v) is 2.82. The van der Waals surface area contributed by atoms with Gasteiger partial charge in [0.1, 0.15) is 5.82 Å². The molecule has 0 fully saturated rings. The molecule has 0 amide bonds. The smallest absolute Gasteiger partial charge is 0.356 e. The third-order valence-corrected chi connectivity index (χ3v) is 4.10. The summed E-state index contributed by atoms with van der Waals surface area (Å²) in [5, 5.41) is 8.92. The summed E-state index contributed by atoms with van der Waals surface area (Å²) in [6.07, 6.45) is 0. The normalized spacial score (nSPS) is 10.7. The van der Waals surface area contributed by atoms with E-state index in [0.29, 0.717) is 0 Å². The Kier molecular flexibility index (Phi) is 5.08. The molecule has 2 aromatic rings. The van der Waals surface area contributed by atoms with Gasteiger partial charge in [0.15, 0.2) is 11.5 Å². The average molecular weight is 372 g/mol. The number of anilines is 1. The van der Waals surface area contributed by atoms with Crippen molar-refractivity contribution < 1.29 is 19.1 Å². The molecule has 0 saturated heterocycles. The first kappa shape index (κ1) is 18.1. The number of carboxylic acids is 1. The molecule has 2 rings (SSSR count). The molecule has 126 valence electrons. The van der Waals surface area contributed by atoms with Crippen molar-refractivity contribution in [2.24, 2.45) is 5.73 Å². The van der Waals surface area contributed by atoms with Crippen molar-refractivity contribution in [1.82, 2.24) is 4.98 Å². The fraction of sp³-hybridized carbons (Fsp3) is 0.133. The quantitative estimate of drug-likeness (QED) is 0.710. The molecule has 0 aliphatic heterocycles. The summed E-state index contributed by atoms with van der Waals surface area (Å²) < 4.78 is 14.6. The molecule has 5 N–H and O–H groups in total. The molecule has 0 aliphatic carbocycles. The maximum Gasteiger partial charge on any atom is 0.356 e. The van der Waals surface area contributed by atoms with E-state index in [1.165, 1.54) is 12.1 Å². The predicted octanol–water partition coefficient (Wildman–Crippen LogP) is 3.14. The van der Waals surface area contributed by atoms with Crippen LogP contribution in [-0.4, -0.2) is 21.8 Å². The van der Waals surface area contributed by atoms with E-state index in [1.807, 2.05) is 0 Å². The molecule has 0 aliphatic rings. The lowest BCUT2D eigenvalue weighted by Gasteiger charge is -2.15. The molecule has 6 nitrogen and oxygen atoms in total. The van der Waals surface area contributed by atoms with Crippen LogP contribution in [0.4, 0.5) is 10.1 Å². The lowest BCUT2D eigenvalue weighted by molar-refractivity contribution is 0.0691. The zero-order valence-electron chi connectivity index (χ0n) is 12.4. The van der Waals surface area contributed by atoms with E-state index in [9.17, 15) is 19.1 Å². The van der Waals surface area contributed by atoms with Crippen molar-refractivity contribution in [2.45, 2.75) is 13.5 Å². The number of Topliss-reactive ketones (excluding diaryl/α,β-unsaturated/α-hetero) is 1. The first-order chi connectivity index (χ1) is 11.2. The molecule has 0 atom stereocenters. The molecule has 24 heavy (non-hydrogen) atoms. The van der Waals surface area contributed by atoms with Gasteiger partial charge in [0.05, 0.1) is 22.0 Å². The van der Waals surface area contributed by atoms with Crippen molar-refractivity contribution >= 4 is 40.6 Å². The van der Waals surface area contributed by atoms with Crippen molar-refractivity contribution in [3.05, 3.63) is 44.8 Å². The topological polar surface area (TPSA) is 119 Å². The molecule has 0 radical (unpaired) electrons. The van der Waals surface area contributed by atoms with E-state index in [1.54, 1.807) is 0 Å². The number of nitrogens with zero attached hydrogens (tertiary/aromatic N) is 1. The summed E-state index contributed by atoms with van der Waals surface area (Å²) >= 11 is 11.8. The second-order valence-electron chi connectivity index (χ2n) is 4.86. The third-order valence-electron chi connectivity index (χ3n) is 3.38. The van der Waals surface area contributed by atoms with Crippen LogP contribution in [0.1, 0.15) is 33.3 Å². The monoisotopic (exact) mass is 371 g/mol. The van der Waals surface area contributed by atoms with Crippen LogP contribution in [0.25, 0.3) is 11.3 Å². The van der Waals surface area contributed by atoms with E-state index in [0.717, 1.165) is 6.92 Å². The number of halogens is 3. The number of hydrogen-bond acceptors (Lipinski definition) is 5. The maximum atomic E-state index is 14.6. The number of carbonyl (C=O) groups excluding carboxylic acids is 1. The van der Waals surface area contributed by atoms with Gasteiger partial charge in [-0.3, -0.25) is 4.79 Å². The number of aromatic nitrogens is 1. The van der Waals surface area contributed by atoms with Crippen LogP contribution < -0.4 is 11.5 Å². The minimum atomic E-state index is -1.47. The van der Waals surface area contributed by atoms with Crippen LogP contribution in [0.5, 0.6) is 0 Å². The van der Waals surface area contributed by atoms with Crippen LogP contribution in [0.15, 0.2) is 12.1 Å². The maximum absolute atomic E-state index is 14.6. The predicted molar refractivity (Wildman–Crippen MR) is 88.9 cm³/mol. The van der Waals surface area contributed by atoms with Crippen molar-refractivity contribution in [3.8, 4) is 11.3 Å². The number of pyridine rings is 1. The highest BCUT2D eigenvalue weighted by Crippen LogP contribution is 2.36. The van der Waals surface area contributed by atoms with Gasteiger partial charge in [0, 0.05) is 22.7 Å². The van der Waals surface area contributed by atoms with E-state index < -0.39 is 28.3 Å². The van der Waals surface area contributed by atoms with Crippen LogP contribution in [-0.2, 0) is 6.54 Å². The van der Waals surface area contributed by atoms with Gasteiger partial charge in [-0.15, -0.1) is 0 Å². The van der Waals surface area contributed by atoms with E-state index >= 15 is 0 Å². The standard InChI is InChI=1S/C15H12Cl2FN3O3/c1-5(22)9-10(17)14(15(23)24)21-13(12(9)20)6-2-3-8(16)7(4-19)11(6)18/h2-3H,4,19-20H2,1H3,(H,23,24). The summed E-state index contributed by atoms with van der Waals surface area (Å²) in [6, 6.07) is 2.66. The number of carbonyl (C=O) groups is 2. The van der Waals surface area contributed by atoms with Gasteiger partial charge in [0.25, 0.3) is 0 Å². The van der Waals surface area contributed by atoms with E-state index in [2.05, 4.69) is 4.98 Å². The number of nitrogens with two attached hydrogens (primary N) is 2. The van der Waals surface area contributed by atoms with Gasteiger partial charge in [0.2, 0.25) is 0 Å². The Balaban J connectivity index is 2.90. The number of nitrogen functional groups attached to an aromatic ring is 1. The Bertz CT molecular complexity index is 872. The van der Waals surface area contributed by atoms with Crippen molar-refractivity contribution in [3.63, 3.8) is 0 Å². The van der Waals surface area contributed by atoms with E-state index in [-0.39, 0.29) is 39.6 Å². The van der Waals surface area contributed by atoms with Gasteiger partial charge in [-0.2, -0.15) is 0 Å². The molecule has 1 heterocycles. The molecule has 0 saturated carbocycles. The number of ketones is 1. The summed E-state index contributed by atoms with van der Waals surface area (Å²) in [7, 11) is 0. The van der Waals surface area contributed by atoms with Gasteiger partial charge in [-0.05, 0) is 19.1 Å². The SMILES string of the molecule is CC(=O)c1c(N)c(-c2ccc(Cl)c(CN)c2F)nc(C(=O)O)c1Cl. The first-order valence-corrected chi connectivity index (χ1v) is 7.36. The largest absolute Gasteiger partial charge is 0.476 e. The molecular formula is C15H12Cl2FN3O3. The minimum absolute atomic E-state index is 0.0200. The number of benzene rings is 1. The Morgan fingerprint density at radius 1 is 1.33 bits per heavy atom. The minimum Gasteiger partial charge on any atom is -0.476 e. The Morgan fingerprint density at radius 3 is 2.46 bits per heavy atom. The van der Waals surface area contributed by atoms with Gasteiger partial charge in [-0.1, -0.05) is 23.2 Å². The van der Waals surface area contributed by atoms with Crippen LogP contribution in [0, 0.1) is 5.82 Å². The Hall–Kier alpha value is -2.22. The Morgan fingerprint density at radius 2 is 1.96 bits per heavy atom. The molecule has 0 spiro atoms. The van der Waals surface area contributed by atoms with Crippen LogP contribution >= 0.6 is 23.2 Å². The first-order valence-electron chi connectivity index (χ1n) is 6.61. The van der Waals surface area contributed by atoms with Crippen LogP contribution in [0.2, 0.25) is 10.0 Å². The summed E-state index contributed by atoms with van der Waals surface area (Å²) in [5.74, 6) is -2.84. The number of hydrogen-bond donors (Lipinski definition) is 3.